The molecule has 1 aliphatic heterocycles. The number of amides is 1. The number of aromatic nitrogens is 2. The highest BCUT2D eigenvalue weighted by Crippen LogP contribution is 2.47. The molecule has 156 valence electrons. The van der Waals surface area contributed by atoms with Gasteiger partial charge < -0.3 is 15.2 Å². The molecule has 0 spiro atoms. The third kappa shape index (κ3) is 3.85. The van der Waals surface area contributed by atoms with Crippen LogP contribution in [0, 0.1) is 0 Å². The predicted molar refractivity (Wildman–Crippen MR) is 111 cm³/mol. The van der Waals surface area contributed by atoms with Crippen molar-refractivity contribution < 1.29 is 14.3 Å². The molecule has 2 aliphatic carbocycles. The van der Waals surface area contributed by atoms with Crippen molar-refractivity contribution in [3.63, 3.8) is 0 Å². The van der Waals surface area contributed by atoms with E-state index < -0.39 is 0 Å². The van der Waals surface area contributed by atoms with Gasteiger partial charge in [-0.25, -0.2) is 9.97 Å². The molecule has 0 aromatic carbocycles. The van der Waals surface area contributed by atoms with E-state index in [1.54, 1.807) is 17.7 Å². The first-order chi connectivity index (χ1) is 14.2. The van der Waals surface area contributed by atoms with Crippen molar-refractivity contribution in [2.45, 2.75) is 63.0 Å². The van der Waals surface area contributed by atoms with E-state index in [9.17, 15) is 4.79 Å². The number of hydrogen-bond acceptors (Lipinski definition) is 7. The molecular formula is C21H28N4O3S. The first kappa shape index (κ1) is 19.2. The zero-order valence-corrected chi connectivity index (χ0v) is 17.5. The van der Waals surface area contributed by atoms with Crippen LogP contribution in [0.2, 0.25) is 0 Å². The summed E-state index contributed by atoms with van der Waals surface area (Å²) in [4.78, 5) is 25.4. The molecule has 2 N–H and O–H groups in total. The second kappa shape index (κ2) is 8.16. The molecule has 8 heteroatoms. The molecule has 0 unspecified atom stereocenters. The maximum atomic E-state index is 11.5. The number of carbonyl (C=O) groups is 1. The quantitative estimate of drug-likeness (QED) is 0.806. The van der Waals surface area contributed by atoms with Gasteiger partial charge in [0.2, 0.25) is 11.8 Å². The van der Waals surface area contributed by atoms with E-state index in [-0.39, 0.29) is 17.9 Å². The van der Waals surface area contributed by atoms with Gasteiger partial charge in [0, 0.05) is 30.4 Å². The minimum Gasteiger partial charge on any atom is -0.474 e. The lowest BCUT2D eigenvalue weighted by Crippen LogP contribution is -2.46. The Morgan fingerprint density at radius 1 is 1.21 bits per heavy atom. The fourth-order valence-electron chi connectivity index (χ4n) is 5.21. The van der Waals surface area contributed by atoms with E-state index in [4.69, 9.17) is 15.2 Å². The van der Waals surface area contributed by atoms with Crippen molar-refractivity contribution in [1.82, 2.24) is 14.9 Å². The van der Waals surface area contributed by atoms with Crippen LogP contribution < -0.4 is 10.5 Å². The first-order valence-electron chi connectivity index (χ1n) is 10.7. The van der Waals surface area contributed by atoms with Crippen LogP contribution in [0.4, 0.5) is 0 Å². The van der Waals surface area contributed by atoms with Gasteiger partial charge in [0.05, 0.1) is 18.6 Å². The van der Waals surface area contributed by atoms with Gasteiger partial charge in [-0.15, -0.1) is 11.3 Å². The normalized spacial score (nSPS) is 27.8. The van der Waals surface area contributed by atoms with Gasteiger partial charge in [0.15, 0.2) is 0 Å². The minimum atomic E-state index is -0.247. The highest BCUT2D eigenvalue weighted by Gasteiger charge is 2.33. The summed E-state index contributed by atoms with van der Waals surface area (Å²) < 4.78 is 11.9. The van der Waals surface area contributed by atoms with E-state index >= 15 is 0 Å². The number of aryl methyl sites for hydroxylation is 1. The predicted octanol–water partition coefficient (Wildman–Crippen LogP) is 2.62. The number of nitrogens with zero attached hydrogens (tertiary/aromatic N) is 3. The molecule has 5 rings (SSSR count). The molecule has 2 fully saturated rings. The Balaban J connectivity index is 1.32. The number of morpholine rings is 1. The Bertz CT molecular complexity index is 887. The van der Waals surface area contributed by atoms with E-state index in [1.807, 2.05) is 0 Å². The van der Waals surface area contributed by atoms with Crippen LogP contribution in [0.1, 0.15) is 54.9 Å². The molecule has 1 saturated carbocycles. The summed E-state index contributed by atoms with van der Waals surface area (Å²) in [6.07, 6.45) is 8.54. The van der Waals surface area contributed by atoms with Crippen LogP contribution in [0.15, 0.2) is 6.33 Å². The van der Waals surface area contributed by atoms with Crippen molar-refractivity contribution in [2.75, 3.05) is 26.3 Å². The summed E-state index contributed by atoms with van der Waals surface area (Å²) in [7, 11) is 0. The number of ether oxygens (including phenoxy) is 2. The van der Waals surface area contributed by atoms with Crippen molar-refractivity contribution in [3.8, 4) is 5.88 Å². The van der Waals surface area contributed by atoms with Gasteiger partial charge >= 0.3 is 0 Å². The number of nitrogens with two attached hydrogens (primary N) is 1. The molecule has 1 amide bonds. The van der Waals surface area contributed by atoms with Crippen molar-refractivity contribution in [2.24, 2.45) is 5.73 Å². The van der Waals surface area contributed by atoms with Crippen molar-refractivity contribution in [3.05, 3.63) is 16.8 Å². The standard InChI is InChI=1S/C21H28N4O3S/c22-17(26)11-13-1-6-16-18(13)19-20(23-12-24-21(19)29-16)28-15-4-2-14(3-5-15)25-7-9-27-10-8-25/h12-15H,1-11H2,(H2,22,26)/t13-,14?,15?/m0/s1. The zero-order valence-electron chi connectivity index (χ0n) is 16.6. The monoisotopic (exact) mass is 416 g/mol. The molecule has 7 nitrogen and oxygen atoms in total. The summed E-state index contributed by atoms with van der Waals surface area (Å²) in [5.41, 5.74) is 6.70. The molecule has 0 radical (unpaired) electrons. The topological polar surface area (TPSA) is 90.6 Å². The lowest BCUT2D eigenvalue weighted by atomic mass is 9.91. The van der Waals surface area contributed by atoms with Crippen LogP contribution in [-0.4, -0.2) is 59.2 Å². The van der Waals surface area contributed by atoms with Crippen LogP contribution in [-0.2, 0) is 16.0 Å². The highest BCUT2D eigenvalue weighted by atomic mass is 32.1. The Kier molecular flexibility index (Phi) is 5.41. The summed E-state index contributed by atoms with van der Waals surface area (Å²) in [6.45, 7) is 3.80. The number of rotatable bonds is 5. The van der Waals surface area contributed by atoms with Crippen LogP contribution in [0.3, 0.4) is 0 Å². The Labute approximate surface area is 174 Å². The molecule has 3 aliphatic rings. The fraction of sp³-hybridized carbons (Fsp3) is 0.667. The van der Waals surface area contributed by atoms with Crippen LogP contribution >= 0.6 is 11.3 Å². The minimum absolute atomic E-state index is 0.168. The largest absolute Gasteiger partial charge is 0.474 e. The van der Waals surface area contributed by atoms with Gasteiger partial charge in [0.1, 0.15) is 17.3 Å². The number of fused-ring (bicyclic) bond motifs is 3. The average molecular weight is 417 g/mol. The third-order valence-corrected chi connectivity index (χ3v) is 7.80. The molecular weight excluding hydrogens is 388 g/mol. The van der Waals surface area contributed by atoms with E-state index in [0.717, 1.165) is 75.0 Å². The highest BCUT2D eigenvalue weighted by molar-refractivity contribution is 7.19. The molecule has 29 heavy (non-hydrogen) atoms. The molecule has 0 bridgehead atoms. The SMILES string of the molecule is NC(=O)C[C@@H]1CCc2sc3ncnc(OC4CCC(N5CCOCC5)CC4)c3c21. The first-order valence-corrected chi connectivity index (χ1v) is 11.5. The Hall–Kier alpha value is -1.77. The maximum absolute atomic E-state index is 11.5. The summed E-state index contributed by atoms with van der Waals surface area (Å²) in [5.74, 6) is 0.614. The summed E-state index contributed by atoms with van der Waals surface area (Å²) in [6, 6.07) is 0.648. The number of hydrogen-bond donors (Lipinski definition) is 1. The number of primary amides is 1. The lowest BCUT2D eigenvalue weighted by molar-refractivity contribution is -0.118. The molecule has 2 aromatic rings. The van der Waals surface area contributed by atoms with E-state index in [2.05, 4.69) is 14.9 Å². The van der Waals surface area contributed by atoms with Gasteiger partial charge in [-0.2, -0.15) is 0 Å². The second-order valence-corrected chi connectivity index (χ2v) is 9.48. The van der Waals surface area contributed by atoms with Gasteiger partial charge in [-0.1, -0.05) is 0 Å². The molecule has 1 atom stereocenters. The fourth-order valence-corrected chi connectivity index (χ4v) is 6.44. The average Bonchev–Trinajstić information content (AvgIpc) is 3.29. The van der Waals surface area contributed by atoms with Gasteiger partial charge in [0.25, 0.3) is 0 Å². The summed E-state index contributed by atoms with van der Waals surface area (Å²) in [5, 5.41) is 1.02. The van der Waals surface area contributed by atoms with Crippen LogP contribution in [0.25, 0.3) is 10.2 Å². The van der Waals surface area contributed by atoms with Gasteiger partial charge in [-0.3, -0.25) is 9.69 Å². The molecule has 1 saturated heterocycles. The summed E-state index contributed by atoms with van der Waals surface area (Å²) >= 11 is 1.71. The molecule has 3 heterocycles. The van der Waals surface area contributed by atoms with Crippen molar-refractivity contribution >= 4 is 27.5 Å². The van der Waals surface area contributed by atoms with E-state index in [0.29, 0.717) is 18.3 Å². The second-order valence-electron chi connectivity index (χ2n) is 8.40. The zero-order chi connectivity index (χ0) is 19.8. The number of carbonyl (C=O) groups excluding carboxylic acids is 1. The maximum Gasteiger partial charge on any atom is 0.225 e. The van der Waals surface area contributed by atoms with Gasteiger partial charge in [-0.05, 0) is 50.0 Å². The van der Waals surface area contributed by atoms with Crippen LogP contribution in [0.5, 0.6) is 5.88 Å². The smallest absolute Gasteiger partial charge is 0.225 e. The molecule has 2 aromatic heterocycles. The number of thiophene rings is 1. The Morgan fingerprint density at radius 2 is 2.00 bits per heavy atom. The Morgan fingerprint density at radius 3 is 2.76 bits per heavy atom. The van der Waals surface area contributed by atoms with E-state index in [1.165, 1.54) is 10.4 Å². The van der Waals surface area contributed by atoms with Crippen molar-refractivity contribution in [1.29, 1.82) is 0 Å². The lowest BCUT2D eigenvalue weighted by Gasteiger charge is -2.38. The third-order valence-electron chi connectivity index (χ3n) is 6.63.